The lowest BCUT2D eigenvalue weighted by molar-refractivity contribution is 0.415. The van der Waals surface area contributed by atoms with Crippen LogP contribution in [0.1, 0.15) is 4.88 Å². The van der Waals surface area contributed by atoms with Crippen molar-refractivity contribution in [2.75, 3.05) is 7.11 Å². The summed E-state index contributed by atoms with van der Waals surface area (Å²) in [5.41, 5.74) is 2.09. The third-order valence-electron chi connectivity index (χ3n) is 3.19. The molecule has 0 fully saturated rings. The Labute approximate surface area is 130 Å². The highest BCUT2D eigenvalue weighted by Crippen LogP contribution is 2.24. The fourth-order valence-corrected chi connectivity index (χ4v) is 3.58. The van der Waals surface area contributed by atoms with E-state index in [1.54, 1.807) is 18.4 Å². The van der Waals surface area contributed by atoms with Crippen LogP contribution >= 0.6 is 35.2 Å². The topological polar surface area (TPSA) is 29.9 Å². The van der Waals surface area contributed by atoms with Crippen molar-refractivity contribution in [1.82, 2.24) is 9.55 Å². The third kappa shape index (κ3) is 2.61. The molecular formula is C14H13ClN2OS2. The molecule has 1 aromatic carbocycles. The number of nitrogens with zero attached hydrogens (tertiary/aromatic N) is 1. The molecule has 0 radical (unpaired) electrons. The van der Waals surface area contributed by atoms with E-state index in [0.29, 0.717) is 0 Å². The molecule has 3 nitrogen and oxygen atoms in total. The molecule has 0 aliphatic rings. The minimum Gasteiger partial charge on any atom is -0.497 e. The van der Waals surface area contributed by atoms with Gasteiger partial charge >= 0.3 is 0 Å². The van der Waals surface area contributed by atoms with E-state index in [-0.39, 0.29) is 0 Å². The Kier molecular flexibility index (Phi) is 3.83. The Balaban J connectivity index is 1.91. The highest BCUT2D eigenvalue weighted by atomic mass is 35.5. The fourth-order valence-electron chi connectivity index (χ4n) is 2.20. The summed E-state index contributed by atoms with van der Waals surface area (Å²) in [5, 5.41) is 0. The zero-order valence-electron chi connectivity index (χ0n) is 10.9. The van der Waals surface area contributed by atoms with E-state index >= 15 is 0 Å². The van der Waals surface area contributed by atoms with Crippen LogP contribution in [0.5, 0.6) is 5.75 Å². The van der Waals surface area contributed by atoms with Crippen molar-refractivity contribution in [3.8, 4) is 5.75 Å². The first-order valence-corrected chi connectivity index (χ1v) is 7.78. The van der Waals surface area contributed by atoms with Gasteiger partial charge in [-0.05, 0) is 42.9 Å². The summed E-state index contributed by atoms with van der Waals surface area (Å²) in [6.45, 7) is 0.835. The highest BCUT2D eigenvalue weighted by Gasteiger charge is 2.06. The molecule has 0 atom stereocenters. The number of fused-ring (bicyclic) bond motifs is 1. The monoisotopic (exact) mass is 324 g/mol. The second-order valence-corrected chi connectivity index (χ2v) is 6.61. The molecule has 0 amide bonds. The third-order valence-corrected chi connectivity index (χ3v) is 4.81. The molecule has 3 aromatic rings. The van der Waals surface area contributed by atoms with Crippen molar-refractivity contribution in [1.29, 1.82) is 0 Å². The molecule has 2 aromatic heterocycles. The van der Waals surface area contributed by atoms with Crippen LogP contribution in [0.4, 0.5) is 0 Å². The first-order chi connectivity index (χ1) is 9.67. The van der Waals surface area contributed by atoms with Crippen LogP contribution in [-0.2, 0) is 13.0 Å². The molecule has 6 heteroatoms. The van der Waals surface area contributed by atoms with Gasteiger partial charge in [-0.2, -0.15) is 0 Å². The molecule has 104 valence electrons. The zero-order chi connectivity index (χ0) is 14.1. The van der Waals surface area contributed by atoms with Crippen LogP contribution in [0.3, 0.4) is 0 Å². The van der Waals surface area contributed by atoms with E-state index in [1.807, 2.05) is 24.3 Å². The van der Waals surface area contributed by atoms with Crippen LogP contribution in [0.2, 0.25) is 4.34 Å². The van der Waals surface area contributed by atoms with Crippen molar-refractivity contribution in [3.05, 3.63) is 44.3 Å². The highest BCUT2D eigenvalue weighted by molar-refractivity contribution is 7.71. The van der Waals surface area contributed by atoms with Gasteiger partial charge in [0.2, 0.25) is 0 Å². The van der Waals surface area contributed by atoms with Crippen LogP contribution in [0, 0.1) is 4.77 Å². The number of hydrogen-bond donors (Lipinski definition) is 1. The molecule has 20 heavy (non-hydrogen) atoms. The van der Waals surface area contributed by atoms with E-state index in [4.69, 9.17) is 28.6 Å². The molecular weight excluding hydrogens is 312 g/mol. The largest absolute Gasteiger partial charge is 0.497 e. The number of aromatic nitrogens is 2. The molecule has 0 saturated heterocycles. The Bertz CT molecular complexity index is 803. The Morgan fingerprint density at radius 1 is 1.35 bits per heavy atom. The summed E-state index contributed by atoms with van der Waals surface area (Å²) in [6, 6.07) is 9.93. The molecule has 0 saturated carbocycles. The molecule has 0 spiro atoms. The summed E-state index contributed by atoms with van der Waals surface area (Å²) in [7, 11) is 1.66. The number of halogens is 1. The lowest BCUT2D eigenvalue weighted by atomic mass is 10.3. The van der Waals surface area contributed by atoms with Crippen molar-refractivity contribution >= 4 is 46.2 Å². The van der Waals surface area contributed by atoms with E-state index in [9.17, 15) is 0 Å². The lowest BCUT2D eigenvalue weighted by Gasteiger charge is -2.04. The molecule has 1 N–H and O–H groups in total. The fraction of sp³-hybridized carbons (Fsp3) is 0.214. The number of hydrogen-bond acceptors (Lipinski definition) is 3. The quantitative estimate of drug-likeness (QED) is 0.707. The predicted octanol–water partition coefficient (Wildman–Crippen LogP) is 4.67. The summed E-state index contributed by atoms with van der Waals surface area (Å²) < 4.78 is 8.89. The summed E-state index contributed by atoms with van der Waals surface area (Å²) in [6.07, 6.45) is 0.921. The smallest absolute Gasteiger partial charge is 0.178 e. The van der Waals surface area contributed by atoms with Gasteiger partial charge in [0.1, 0.15) is 5.75 Å². The van der Waals surface area contributed by atoms with Gasteiger partial charge < -0.3 is 14.3 Å². The van der Waals surface area contributed by atoms with Crippen LogP contribution < -0.4 is 4.74 Å². The maximum atomic E-state index is 5.95. The number of imidazole rings is 1. The molecule has 2 heterocycles. The van der Waals surface area contributed by atoms with Gasteiger partial charge in [0, 0.05) is 17.5 Å². The van der Waals surface area contributed by atoms with E-state index in [2.05, 4.69) is 15.6 Å². The lowest BCUT2D eigenvalue weighted by Crippen LogP contribution is -2.00. The van der Waals surface area contributed by atoms with Gasteiger partial charge in [0.15, 0.2) is 4.77 Å². The van der Waals surface area contributed by atoms with Crippen LogP contribution in [-0.4, -0.2) is 16.7 Å². The first kappa shape index (κ1) is 13.7. The number of rotatable bonds is 4. The molecule has 0 bridgehead atoms. The van der Waals surface area contributed by atoms with Gasteiger partial charge in [0.05, 0.1) is 22.5 Å². The van der Waals surface area contributed by atoms with Crippen molar-refractivity contribution in [2.45, 2.75) is 13.0 Å². The molecule has 3 rings (SSSR count). The van der Waals surface area contributed by atoms with Crippen molar-refractivity contribution in [3.63, 3.8) is 0 Å². The van der Waals surface area contributed by atoms with Gasteiger partial charge in [-0.1, -0.05) is 11.6 Å². The van der Waals surface area contributed by atoms with Gasteiger partial charge in [-0.15, -0.1) is 11.3 Å². The van der Waals surface area contributed by atoms with Crippen LogP contribution in [0.15, 0.2) is 30.3 Å². The Hall–Kier alpha value is -1.30. The molecule has 0 aliphatic carbocycles. The average Bonchev–Trinajstić information content (AvgIpc) is 2.98. The van der Waals surface area contributed by atoms with Gasteiger partial charge in [-0.3, -0.25) is 0 Å². The summed E-state index contributed by atoms with van der Waals surface area (Å²) in [4.78, 5) is 4.48. The number of benzene rings is 1. The van der Waals surface area contributed by atoms with Gasteiger partial charge in [0.25, 0.3) is 0 Å². The normalized spacial score (nSPS) is 11.1. The second kappa shape index (κ2) is 5.60. The maximum absolute atomic E-state index is 5.95. The predicted molar refractivity (Wildman–Crippen MR) is 86.7 cm³/mol. The van der Waals surface area contributed by atoms with E-state index in [0.717, 1.165) is 38.9 Å². The first-order valence-electron chi connectivity index (χ1n) is 6.18. The van der Waals surface area contributed by atoms with Gasteiger partial charge in [-0.25, -0.2) is 0 Å². The minimum atomic E-state index is 0.732. The average molecular weight is 325 g/mol. The number of H-pyrrole nitrogens is 1. The van der Waals surface area contributed by atoms with Crippen molar-refractivity contribution < 1.29 is 4.74 Å². The minimum absolute atomic E-state index is 0.732. The Morgan fingerprint density at radius 2 is 2.20 bits per heavy atom. The second-order valence-electron chi connectivity index (χ2n) is 4.42. The molecule has 0 aliphatic heterocycles. The number of aromatic amines is 1. The Morgan fingerprint density at radius 3 is 2.90 bits per heavy atom. The number of methoxy groups -OCH3 is 1. The van der Waals surface area contributed by atoms with Crippen molar-refractivity contribution in [2.24, 2.45) is 0 Å². The SMILES string of the molecule is COc1ccc2c(c1)[nH]c(=S)n2CCc1ccc(Cl)s1. The zero-order valence-corrected chi connectivity index (χ0v) is 13.2. The maximum Gasteiger partial charge on any atom is 0.178 e. The number of nitrogens with one attached hydrogen (secondary N) is 1. The standard InChI is InChI=1S/C14H13ClN2OS2/c1-18-9-2-4-12-11(8-9)16-14(19)17(12)7-6-10-3-5-13(15)20-10/h2-5,8H,6-7H2,1H3,(H,16,19). The number of ether oxygens (including phenoxy) is 1. The number of thiophene rings is 1. The number of aryl methyl sites for hydroxylation is 2. The van der Waals surface area contributed by atoms with E-state index in [1.165, 1.54) is 4.88 Å². The summed E-state index contributed by atoms with van der Waals surface area (Å²) in [5.74, 6) is 0.825. The van der Waals surface area contributed by atoms with Crippen LogP contribution in [0.25, 0.3) is 11.0 Å². The van der Waals surface area contributed by atoms with E-state index < -0.39 is 0 Å². The summed E-state index contributed by atoms with van der Waals surface area (Å²) >= 11 is 13.0. The molecule has 0 unspecified atom stereocenters.